The topological polar surface area (TPSA) is 46.5 Å². The van der Waals surface area contributed by atoms with Crippen LogP contribution in [0.2, 0.25) is 0 Å². The number of rotatable bonds is 14. The van der Waals surface area contributed by atoms with Crippen LogP contribution in [0.5, 0.6) is 0 Å². The van der Waals surface area contributed by atoms with Crippen molar-refractivity contribution in [3.05, 3.63) is 24.3 Å². The van der Waals surface area contributed by atoms with Gasteiger partial charge in [-0.2, -0.15) is 0 Å². The van der Waals surface area contributed by atoms with E-state index in [2.05, 4.69) is 45.0 Å². The van der Waals surface area contributed by atoms with Gasteiger partial charge in [-0.1, -0.05) is 66.4 Å². The number of unbranched alkanes of at least 4 members (excludes halogenated alkanes) is 5. The maximum Gasteiger partial charge on any atom is 0.305 e. The number of halogens is 1. The van der Waals surface area contributed by atoms with Crippen molar-refractivity contribution in [3.8, 4) is 0 Å². The second kappa shape index (κ2) is 16.3. The highest BCUT2D eigenvalue weighted by molar-refractivity contribution is 9.09. The van der Waals surface area contributed by atoms with E-state index in [1.54, 1.807) is 0 Å². The van der Waals surface area contributed by atoms with Crippen molar-refractivity contribution < 1.29 is 14.6 Å². The normalized spacial score (nSPS) is 14.4. The van der Waals surface area contributed by atoms with E-state index in [1.807, 2.05) is 6.92 Å². The summed E-state index contributed by atoms with van der Waals surface area (Å²) in [5.74, 6) is -0.101. The lowest BCUT2D eigenvalue weighted by Crippen LogP contribution is -2.18. The SMILES string of the molecule is CC[C@H](O)[C@@H](Br)C/C=C\C/C=C\CCCCCCCC(=O)OC. The zero-order valence-electron chi connectivity index (χ0n) is 14.7. The molecule has 0 aromatic heterocycles. The molecule has 0 bridgehead atoms. The summed E-state index contributed by atoms with van der Waals surface area (Å²) in [6.45, 7) is 1.99. The highest BCUT2D eigenvalue weighted by atomic mass is 79.9. The lowest BCUT2D eigenvalue weighted by molar-refractivity contribution is -0.140. The molecule has 0 heterocycles. The smallest absolute Gasteiger partial charge is 0.305 e. The fourth-order valence-electron chi connectivity index (χ4n) is 2.19. The minimum Gasteiger partial charge on any atom is -0.469 e. The van der Waals surface area contributed by atoms with Crippen LogP contribution >= 0.6 is 15.9 Å². The number of esters is 1. The van der Waals surface area contributed by atoms with Crippen molar-refractivity contribution >= 4 is 21.9 Å². The van der Waals surface area contributed by atoms with Crippen molar-refractivity contribution in [3.63, 3.8) is 0 Å². The zero-order chi connectivity index (χ0) is 17.3. The predicted octanol–water partition coefficient (Wildman–Crippen LogP) is 5.32. The van der Waals surface area contributed by atoms with E-state index in [0.717, 1.165) is 38.5 Å². The number of hydrogen-bond donors (Lipinski definition) is 1. The molecular formula is C19H33BrO3. The third kappa shape index (κ3) is 14.7. The molecule has 23 heavy (non-hydrogen) atoms. The number of carbonyl (C=O) groups is 1. The number of alkyl halides is 1. The fraction of sp³-hybridized carbons (Fsp3) is 0.737. The molecule has 1 N–H and O–H groups in total. The minimum absolute atomic E-state index is 0.101. The van der Waals surface area contributed by atoms with Gasteiger partial charge in [-0.05, 0) is 38.5 Å². The molecule has 0 aliphatic carbocycles. The van der Waals surface area contributed by atoms with E-state index in [-0.39, 0.29) is 16.9 Å². The van der Waals surface area contributed by atoms with E-state index in [1.165, 1.54) is 26.4 Å². The molecule has 0 saturated heterocycles. The maximum absolute atomic E-state index is 10.9. The molecule has 0 aromatic rings. The Kier molecular flexibility index (Phi) is 15.8. The summed E-state index contributed by atoms with van der Waals surface area (Å²) in [6.07, 6.45) is 18.4. The summed E-state index contributed by atoms with van der Waals surface area (Å²) in [4.78, 5) is 11.1. The lowest BCUT2D eigenvalue weighted by atomic mass is 10.1. The Balaban J connectivity index is 3.39. The second-order valence-electron chi connectivity index (χ2n) is 5.79. The Morgan fingerprint density at radius 2 is 1.74 bits per heavy atom. The van der Waals surface area contributed by atoms with E-state index >= 15 is 0 Å². The van der Waals surface area contributed by atoms with Crippen LogP contribution in [0.25, 0.3) is 0 Å². The quantitative estimate of drug-likeness (QED) is 0.189. The Hall–Kier alpha value is -0.610. The van der Waals surface area contributed by atoms with E-state index in [4.69, 9.17) is 0 Å². The van der Waals surface area contributed by atoms with Crippen LogP contribution in [0.1, 0.15) is 71.1 Å². The molecule has 0 rings (SSSR count). The lowest BCUT2D eigenvalue weighted by Gasteiger charge is -2.12. The summed E-state index contributed by atoms with van der Waals surface area (Å²) in [6, 6.07) is 0. The number of aliphatic hydroxyl groups is 1. The zero-order valence-corrected chi connectivity index (χ0v) is 16.3. The van der Waals surface area contributed by atoms with Gasteiger partial charge in [0.25, 0.3) is 0 Å². The Morgan fingerprint density at radius 3 is 2.43 bits per heavy atom. The maximum atomic E-state index is 10.9. The number of allylic oxidation sites excluding steroid dienone is 4. The summed E-state index contributed by atoms with van der Waals surface area (Å²) in [7, 11) is 1.44. The molecule has 0 radical (unpaired) electrons. The number of aliphatic hydroxyl groups excluding tert-OH is 1. The molecule has 0 spiro atoms. The van der Waals surface area contributed by atoms with Crippen molar-refractivity contribution in [2.24, 2.45) is 0 Å². The molecule has 2 atom stereocenters. The van der Waals surface area contributed by atoms with Crippen LogP contribution in [0, 0.1) is 0 Å². The van der Waals surface area contributed by atoms with Gasteiger partial charge in [0.05, 0.1) is 13.2 Å². The average molecular weight is 389 g/mol. The van der Waals surface area contributed by atoms with Crippen LogP contribution in [0.15, 0.2) is 24.3 Å². The van der Waals surface area contributed by atoms with Gasteiger partial charge in [0.15, 0.2) is 0 Å². The highest BCUT2D eigenvalue weighted by Crippen LogP contribution is 2.14. The molecule has 0 unspecified atom stereocenters. The van der Waals surface area contributed by atoms with Crippen LogP contribution in [-0.2, 0) is 9.53 Å². The van der Waals surface area contributed by atoms with Gasteiger partial charge < -0.3 is 9.84 Å². The first kappa shape index (κ1) is 22.4. The Morgan fingerprint density at radius 1 is 1.09 bits per heavy atom. The molecule has 0 amide bonds. The first-order valence-corrected chi connectivity index (χ1v) is 9.72. The molecule has 0 aliphatic rings. The van der Waals surface area contributed by atoms with Crippen LogP contribution < -0.4 is 0 Å². The standard InChI is InChI=1S/C19H33BrO3/c1-3-18(21)17(20)15-13-11-9-7-5-4-6-8-10-12-14-16-19(22)23-2/h5,7,11,13,17-18,21H,3-4,6,8-10,12,14-16H2,1-2H3/b7-5-,13-11-/t17-,18-/m0/s1. The van der Waals surface area contributed by atoms with Crippen LogP contribution in [0.4, 0.5) is 0 Å². The monoisotopic (exact) mass is 388 g/mol. The van der Waals surface area contributed by atoms with Gasteiger partial charge in [-0.3, -0.25) is 4.79 Å². The average Bonchev–Trinajstić information content (AvgIpc) is 2.57. The number of hydrogen-bond acceptors (Lipinski definition) is 3. The predicted molar refractivity (Wildman–Crippen MR) is 101 cm³/mol. The van der Waals surface area contributed by atoms with E-state index in [0.29, 0.717) is 6.42 Å². The van der Waals surface area contributed by atoms with Gasteiger partial charge in [0, 0.05) is 11.2 Å². The fourth-order valence-corrected chi connectivity index (χ4v) is 2.78. The van der Waals surface area contributed by atoms with Crippen molar-refractivity contribution in [2.75, 3.05) is 7.11 Å². The summed E-state index contributed by atoms with van der Waals surface area (Å²) >= 11 is 3.50. The van der Waals surface area contributed by atoms with Gasteiger partial charge in [-0.25, -0.2) is 0 Å². The number of carbonyl (C=O) groups excluding carboxylic acids is 1. The largest absolute Gasteiger partial charge is 0.469 e. The van der Waals surface area contributed by atoms with Crippen LogP contribution in [-0.4, -0.2) is 29.1 Å². The molecule has 3 nitrogen and oxygen atoms in total. The molecule has 134 valence electrons. The number of methoxy groups -OCH3 is 1. The first-order chi connectivity index (χ1) is 11.1. The van der Waals surface area contributed by atoms with Crippen molar-refractivity contribution in [1.82, 2.24) is 0 Å². The summed E-state index contributed by atoms with van der Waals surface area (Å²) in [5.41, 5.74) is 0. The molecule has 0 aromatic carbocycles. The Labute approximate surface area is 150 Å². The van der Waals surface area contributed by atoms with Gasteiger partial charge in [-0.15, -0.1) is 0 Å². The second-order valence-corrected chi connectivity index (χ2v) is 6.96. The minimum atomic E-state index is -0.261. The molecule has 0 fully saturated rings. The van der Waals surface area contributed by atoms with Crippen molar-refractivity contribution in [1.29, 1.82) is 0 Å². The highest BCUT2D eigenvalue weighted by Gasteiger charge is 2.11. The third-order valence-electron chi connectivity index (χ3n) is 3.78. The molecule has 4 heteroatoms. The van der Waals surface area contributed by atoms with Gasteiger partial charge >= 0.3 is 5.97 Å². The third-order valence-corrected chi connectivity index (χ3v) is 4.77. The Bertz CT molecular complexity index is 340. The van der Waals surface area contributed by atoms with Crippen LogP contribution in [0.3, 0.4) is 0 Å². The van der Waals surface area contributed by atoms with Gasteiger partial charge in [0.1, 0.15) is 0 Å². The van der Waals surface area contributed by atoms with E-state index in [9.17, 15) is 9.90 Å². The molecule has 0 aliphatic heterocycles. The van der Waals surface area contributed by atoms with Gasteiger partial charge in [0.2, 0.25) is 0 Å². The molecular weight excluding hydrogens is 356 g/mol. The van der Waals surface area contributed by atoms with Crippen molar-refractivity contribution in [2.45, 2.75) is 82.1 Å². The van der Waals surface area contributed by atoms with E-state index < -0.39 is 0 Å². The molecule has 0 saturated carbocycles. The summed E-state index contributed by atoms with van der Waals surface area (Å²) < 4.78 is 4.61. The summed E-state index contributed by atoms with van der Waals surface area (Å²) in [5, 5.41) is 9.63. The first-order valence-electron chi connectivity index (χ1n) is 8.80. The number of ether oxygens (including phenoxy) is 1.